The molecule has 1 atom stereocenters. The second-order valence-corrected chi connectivity index (χ2v) is 4.53. The molecule has 0 bridgehead atoms. The van der Waals surface area contributed by atoms with Crippen LogP contribution in [0.2, 0.25) is 0 Å². The van der Waals surface area contributed by atoms with E-state index in [0.717, 1.165) is 36.7 Å². The Balaban J connectivity index is 1.75. The Kier molecular flexibility index (Phi) is 3.96. The van der Waals surface area contributed by atoms with Crippen LogP contribution in [0.4, 0.5) is 0 Å². The molecular formula is C12H20N2O2. The van der Waals surface area contributed by atoms with E-state index in [1.165, 1.54) is 12.8 Å². The first-order chi connectivity index (χ1) is 7.77. The van der Waals surface area contributed by atoms with Crippen LogP contribution < -0.4 is 5.32 Å². The molecule has 1 fully saturated rings. The molecular weight excluding hydrogens is 204 g/mol. The van der Waals surface area contributed by atoms with Crippen molar-refractivity contribution in [2.45, 2.75) is 33.3 Å². The van der Waals surface area contributed by atoms with Gasteiger partial charge in [-0.3, -0.25) is 0 Å². The second kappa shape index (κ2) is 5.46. The smallest absolute Gasteiger partial charge is 0.139 e. The molecule has 16 heavy (non-hydrogen) atoms. The second-order valence-electron chi connectivity index (χ2n) is 4.53. The maximum atomic E-state index is 5.74. The van der Waals surface area contributed by atoms with E-state index < -0.39 is 0 Å². The van der Waals surface area contributed by atoms with Gasteiger partial charge in [0.15, 0.2) is 0 Å². The van der Waals surface area contributed by atoms with Gasteiger partial charge in [-0.05, 0) is 39.2 Å². The minimum atomic E-state index is 0.623. The molecule has 0 saturated carbocycles. The number of aryl methyl sites for hydroxylation is 2. The van der Waals surface area contributed by atoms with E-state index in [-0.39, 0.29) is 0 Å². The van der Waals surface area contributed by atoms with Crippen molar-refractivity contribution < 1.29 is 9.26 Å². The molecule has 1 saturated heterocycles. The van der Waals surface area contributed by atoms with Gasteiger partial charge < -0.3 is 14.6 Å². The van der Waals surface area contributed by atoms with Crippen molar-refractivity contribution in [2.24, 2.45) is 5.92 Å². The van der Waals surface area contributed by atoms with Gasteiger partial charge in [-0.1, -0.05) is 5.16 Å². The topological polar surface area (TPSA) is 47.3 Å². The first kappa shape index (κ1) is 11.6. The van der Waals surface area contributed by atoms with E-state index in [2.05, 4.69) is 10.5 Å². The quantitative estimate of drug-likeness (QED) is 0.847. The van der Waals surface area contributed by atoms with Crippen molar-refractivity contribution in [1.82, 2.24) is 10.5 Å². The molecule has 0 unspecified atom stereocenters. The minimum absolute atomic E-state index is 0.623. The van der Waals surface area contributed by atoms with Gasteiger partial charge in [0, 0.05) is 12.1 Å². The Labute approximate surface area is 96.3 Å². The van der Waals surface area contributed by atoms with Crippen LogP contribution in [-0.2, 0) is 11.3 Å². The maximum absolute atomic E-state index is 5.74. The summed E-state index contributed by atoms with van der Waals surface area (Å²) in [5.74, 6) is 1.54. The molecule has 0 spiro atoms. The van der Waals surface area contributed by atoms with Gasteiger partial charge in [0.2, 0.25) is 0 Å². The lowest BCUT2D eigenvalue weighted by Gasteiger charge is -2.22. The molecule has 90 valence electrons. The van der Waals surface area contributed by atoms with E-state index >= 15 is 0 Å². The monoisotopic (exact) mass is 224 g/mol. The zero-order valence-corrected chi connectivity index (χ0v) is 10.1. The standard InChI is InChI=1S/C12H20N2O2/c1-9-12(10(2)16-14-9)8-15-7-11-4-3-5-13-6-11/h11,13H,3-8H2,1-2H3/t11-/m0/s1. The highest BCUT2D eigenvalue weighted by atomic mass is 16.5. The summed E-state index contributed by atoms with van der Waals surface area (Å²) in [5.41, 5.74) is 2.04. The minimum Gasteiger partial charge on any atom is -0.376 e. The van der Waals surface area contributed by atoms with Crippen molar-refractivity contribution >= 4 is 0 Å². The first-order valence-electron chi connectivity index (χ1n) is 5.97. The molecule has 4 heteroatoms. The average molecular weight is 224 g/mol. The summed E-state index contributed by atoms with van der Waals surface area (Å²) >= 11 is 0. The van der Waals surface area contributed by atoms with Gasteiger partial charge in [-0.15, -0.1) is 0 Å². The average Bonchev–Trinajstić information content (AvgIpc) is 2.62. The Morgan fingerprint density at radius 1 is 1.50 bits per heavy atom. The van der Waals surface area contributed by atoms with Crippen molar-refractivity contribution in [3.8, 4) is 0 Å². The van der Waals surface area contributed by atoms with Gasteiger partial charge in [-0.25, -0.2) is 0 Å². The van der Waals surface area contributed by atoms with Crippen LogP contribution in [0, 0.1) is 19.8 Å². The van der Waals surface area contributed by atoms with Gasteiger partial charge in [0.05, 0.1) is 18.9 Å². The highest BCUT2D eigenvalue weighted by molar-refractivity contribution is 5.19. The van der Waals surface area contributed by atoms with Crippen LogP contribution >= 0.6 is 0 Å². The first-order valence-corrected chi connectivity index (χ1v) is 5.97. The molecule has 0 aromatic carbocycles. The van der Waals surface area contributed by atoms with Gasteiger partial charge in [0.25, 0.3) is 0 Å². The molecule has 0 aliphatic carbocycles. The lowest BCUT2D eigenvalue weighted by atomic mass is 10.0. The Morgan fingerprint density at radius 2 is 2.38 bits per heavy atom. The summed E-state index contributed by atoms with van der Waals surface area (Å²) in [6, 6.07) is 0. The van der Waals surface area contributed by atoms with Gasteiger partial charge in [-0.2, -0.15) is 0 Å². The SMILES string of the molecule is Cc1noc(C)c1COC[C@H]1CCCNC1. The molecule has 2 rings (SSSR count). The summed E-state index contributed by atoms with van der Waals surface area (Å²) in [5, 5.41) is 7.30. The molecule has 0 amide bonds. The molecule has 4 nitrogen and oxygen atoms in total. The van der Waals surface area contributed by atoms with Crippen molar-refractivity contribution in [1.29, 1.82) is 0 Å². The molecule has 1 aliphatic heterocycles. The van der Waals surface area contributed by atoms with Gasteiger partial charge >= 0.3 is 0 Å². The Hall–Kier alpha value is -0.870. The predicted molar refractivity (Wildman–Crippen MR) is 61.2 cm³/mol. The van der Waals surface area contributed by atoms with Crippen LogP contribution in [0.15, 0.2) is 4.52 Å². The third-order valence-corrected chi connectivity index (χ3v) is 3.18. The maximum Gasteiger partial charge on any atom is 0.139 e. The Morgan fingerprint density at radius 3 is 3.00 bits per heavy atom. The summed E-state index contributed by atoms with van der Waals surface area (Å²) in [6.45, 7) is 7.58. The zero-order chi connectivity index (χ0) is 11.4. The van der Waals surface area contributed by atoms with Crippen LogP contribution in [0.25, 0.3) is 0 Å². The largest absolute Gasteiger partial charge is 0.376 e. The zero-order valence-electron chi connectivity index (χ0n) is 10.1. The molecule has 0 radical (unpaired) electrons. The third-order valence-electron chi connectivity index (χ3n) is 3.18. The van der Waals surface area contributed by atoms with Crippen LogP contribution in [0.3, 0.4) is 0 Å². The number of aromatic nitrogens is 1. The third kappa shape index (κ3) is 2.83. The van der Waals surface area contributed by atoms with Crippen molar-refractivity contribution in [3.05, 3.63) is 17.0 Å². The molecule has 1 aromatic heterocycles. The van der Waals surface area contributed by atoms with Crippen LogP contribution in [-0.4, -0.2) is 24.9 Å². The van der Waals surface area contributed by atoms with E-state index in [1.807, 2.05) is 13.8 Å². The number of nitrogens with zero attached hydrogens (tertiary/aromatic N) is 1. The fourth-order valence-electron chi connectivity index (χ4n) is 2.10. The Bertz CT molecular complexity index is 310. The fourth-order valence-corrected chi connectivity index (χ4v) is 2.10. The summed E-state index contributed by atoms with van der Waals surface area (Å²) in [4.78, 5) is 0. The number of hydrogen-bond donors (Lipinski definition) is 1. The van der Waals surface area contributed by atoms with Crippen LogP contribution in [0.5, 0.6) is 0 Å². The van der Waals surface area contributed by atoms with E-state index in [1.54, 1.807) is 0 Å². The number of hydrogen-bond acceptors (Lipinski definition) is 4. The van der Waals surface area contributed by atoms with E-state index in [9.17, 15) is 0 Å². The lowest BCUT2D eigenvalue weighted by Crippen LogP contribution is -2.32. The number of piperidine rings is 1. The number of nitrogens with one attached hydrogen (secondary N) is 1. The van der Waals surface area contributed by atoms with Crippen molar-refractivity contribution in [3.63, 3.8) is 0 Å². The van der Waals surface area contributed by atoms with E-state index in [4.69, 9.17) is 9.26 Å². The van der Waals surface area contributed by atoms with Crippen LogP contribution in [0.1, 0.15) is 29.9 Å². The van der Waals surface area contributed by atoms with E-state index in [0.29, 0.717) is 12.5 Å². The summed E-state index contributed by atoms with van der Waals surface area (Å²) < 4.78 is 10.8. The highest BCUT2D eigenvalue weighted by Crippen LogP contribution is 2.15. The fraction of sp³-hybridized carbons (Fsp3) is 0.750. The predicted octanol–water partition coefficient (Wildman–Crippen LogP) is 1.81. The molecule has 1 aromatic rings. The summed E-state index contributed by atoms with van der Waals surface area (Å²) in [6.07, 6.45) is 2.54. The summed E-state index contributed by atoms with van der Waals surface area (Å²) in [7, 11) is 0. The lowest BCUT2D eigenvalue weighted by molar-refractivity contribution is 0.0773. The number of ether oxygens (including phenoxy) is 1. The molecule has 1 aliphatic rings. The molecule has 1 N–H and O–H groups in total. The number of rotatable bonds is 4. The van der Waals surface area contributed by atoms with Gasteiger partial charge in [0.1, 0.15) is 5.76 Å². The molecule has 2 heterocycles. The normalized spacial score (nSPS) is 21.2. The van der Waals surface area contributed by atoms with Crippen molar-refractivity contribution in [2.75, 3.05) is 19.7 Å². The highest BCUT2D eigenvalue weighted by Gasteiger charge is 2.14.